The molecule has 0 atom stereocenters. The summed E-state index contributed by atoms with van der Waals surface area (Å²) in [4.78, 5) is 21.8. The number of halogens is 1. The van der Waals surface area contributed by atoms with Crippen molar-refractivity contribution in [3.05, 3.63) is 33.8 Å². The largest absolute Gasteiger partial charge is 0.481 e. The van der Waals surface area contributed by atoms with Gasteiger partial charge in [0.2, 0.25) is 5.91 Å². The summed E-state index contributed by atoms with van der Waals surface area (Å²) in [7, 11) is 0. The standard InChI is InChI=1S/C13H16BrNO3/c1-9-5-6-11(14)7-10(9)8-15-12(16)3-2-4-13(17)18/h5-7H,2-4,8H2,1H3,(H,15,16)(H,17,18). The lowest BCUT2D eigenvalue weighted by Gasteiger charge is -2.08. The number of hydrogen-bond acceptors (Lipinski definition) is 2. The van der Waals surface area contributed by atoms with Gasteiger partial charge in [0.05, 0.1) is 0 Å². The molecule has 0 saturated carbocycles. The Hall–Kier alpha value is -1.36. The van der Waals surface area contributed by atoms with Crippen LogP contribution in [0.25, 0.3) is 0 Å². The fourth-order valence-electron chi connectivity index (χ4n) is 1.51. The Kier molecular flexibility index (Phi) is 5.85. The lowest BCUT2D eigenvalue weighted by molar-refractivity contribution is -0.137. The first-order valence-electron chi connectivity index (χ1n) is 5.72. The number of rotatable bonds is 6. The van der Waals surface area contributed by atoms with Crippen LogP contribution in [0.5, 0.6) is 0 Å². The van der Waals surface area contributed by atoms with Crippen molar-refractivity contribution in [1.29, 1.82) is 0 Å². The molecule has 0 bridgehead atoms. The summed E-state index contributed by atoms with van der Waals surface area (Å²) in [5.74, 6) is -0.985. The Bertz CT molecular complexity index is 446. The van der Waals surface area contributed by atoms with Crippen LogP contribution in [0.4, 0.5) is 0 Å². The van der Waals surface area contributed by atoms with Crippen molar-refractivity contribution >= 4 is 27.8 Å². The van der Waals surface area contributed by atoms with Crippen LogP contribution in [0.15, 0.2) is 22.7 Å². The van der Waals surface area contributed by atoms with E-state index in [4.69, 9.17) is 5.11 Å². The molecule has 0 aromatic heterocycles. The average molecular weight is 314 g/mol. The molecule has 5 heteroatoms. The van der Waals surface area contributed by atoms with Crippen LogP contribution < -0.4 is 5.32 Å². The maximum atomic E-state index is 11.5. The number of hydrogen-bond donors (Lipinski definition) is 2. The third kappa shape index (κ3) is 5.31. The van der Waals surface area contributed by atoms with E-state index in [1.807, 2.05) is 25.1 Å². The zero-order valence-electron chi connectivity index (χ0n) is 10.2. The van der Waals surface area contributed by atoms with Gasteiger partial charge >= 0.3 is 5.97 Å². The SMILES string of the molecule is Cc1ccc(Br)cc1CNC(=O)CCCC(=O)O. The van der Waals surface area contributed by atoms with Gasteiger partial charge in [-0.3, -0.25) is 9.59 Å². The van der Waals surface area contributed by atoms with Crippen LogP contribution in [0, 0.1) is 6.92 Å². The number of carbonyl (C=O) groups excluding carboxylic acids is 1. The van der Waals surface area contributed by atoms with Crippen LogP contribution in [-0.4, -0.2) is 17.0 Å². The normalized spacial score (nSPS) is 10.1. The number of carbonyl (C=O) groups is 2. The predicted molar refractivity (Wildman–Crippen MR) is 72.2 cm³/mol. The monoisotopic (exact) mass is 313 g/mol. The second kappa shape index (κ2) is 7.16. The number of aryl methyl sites for hydroxylation is 1. The number of carboxylic acid groups (broad SMARTS) is 1. The average Bonchev–Trinajstić information content (AvgIpc) is 2.30. The van der Waals surface area contributed by atoms with E-state index >= 15 is 0 Å². The molecule has 0 fully saturated rings. The summed E-state index contributed by atoms with van der Waals surface area (Å²) < 4.78 is 0.975. The van der Waals surface area contributed by atoms with E-state index in [0.717, 1.165) is 15.6 Å². The van der Waals surface area contributed by atoms with Gasteiger partial charge in [0.15, 0.2) is 0 Å². The summed E-state index contributed by atoms with van der Waals surface area (Å²) >= 11 is 3.38. The first-order valence-corrected chi connectivity index (χ1v) is 6.52. The van der Waals surface area contributed by atoms with E-state index < -0.39 is 5.97 Å². The van der Waals surface area contributed by atoms with Gasteiger partial charge in [-0.25, -0.2) is 0 Å². The fraction of sp³-hybridized carbons (Fsp3) is 0.385. The summed E-state index contributed by atoms with van der Waals surface area (Å²) in [5.41, 5.74) is 2.17. The second-order valence-corrected chi connectivity index (χ2v) is 5.01. The van der Waals surface area contributed by atoms with Crippen molar-refractivity contribution in [3.8, 4) is 0 Å². The summed E-state index contributed by atoms with van der Waals surface area (Å²) in [6.45, 7) is 2.45. The molecule has 0 heterocycles. The Labute approximate surface area is 115 Å². The molecule has 0 aliphatic carbocycles. The van der Waals surface area contributed by atoms with Crippen LogP contribution in [0.2, 0.25) is 0 Å². The van der Waals surface area contributed by atoms with Crippen molar-refractivity contribution in [2.75, 3.05) is 0 Å². The lowest BCUT2D eigenvalue weighted by Crippen LogP contribution is -2.23. The van der Waals surface area contributed by atoms with E-state index in [2.05, 4.69) is 21.2 Å². The molecule has 0 aliphatic rings. The highest BCUT2D eigenvalue weighted by Gasteiger charge is 2.05. The quantitative estimate of drug-likeness (QED) is 0.848. The van der Waals surface area contributed by atoms with Crippen LogP contribution in [0.3, 0.4) is 0 Å². The third-order valence-electron chi connectivity index (χ3n) is 2.58. The first kappa shape index (κ1) is 14.7. The molecule has 0 unspecified atom stereocenters. The second-order valence-electron chi connectivity index (χ2n) is 4.09. The van der Waals surface area contributed by atoms with Gasteiger partial charge in [0, 0.05) is 23.9 Å². The van der Waals surface area contributed by atoms with Gasteiger partial charge in [0.1, 0.15) is 0 Å². The molecule has 98 valence electrons. The minimum absolute atomic E-state index is 0.0311. The molecule has 0 spiro atoms. The molecule has 1 amide bonds. The Morgan fingerprint density at radius 3 is 2.72 bits per heavy atom. The molecule has 1 rings (SSSR count). The van der Waals surface area contributed by atoms with Crippen LogP contribution >= 0.6 is 15.9 Å². The van der Waals surface area contributed by atoms with Gasteiger partial charge in [-0.05, 0) is 36.6 Å². The van der Waals surface area contributed by atoms with Crippen molar-refractivity contribution in [2.24, 2.45) is 0 Å². The van der Waals surface area contributed by atoms with E-state index in [9.17, 15) is 9.59 Å². The lowest BCUT2D eigenvalue weighted by atomic mass is 10.1. The highest BCUT2D eigenvalue weighted by molar-refractivity contribution is 9.10. The molecule has 18 heavy (non-hydrogen) atoms. The Morgan fingerprint density at radius 1 is 1.33 bits per heavy atom. The first-order chi connectivity index (χ1) is 8.49. The molecule has 2 N–H and O–H groups in total. The maximum absolute atomic E-state index is 11.5. The van der Waals surface area contributed by atoms with Crippen molar-refractivity contribution in [2.45, 2.75) is 32.7 Å². The van der Waals surface area contributed by atoms with E-state index in [0.29, 0.717) is 13.0 Å². The number of benzene rings is 1. The predicted octanol–water partition coefficient (Wildman–Crippen LogP) is 2.63. The summed E-state index contributed by atoms with van der Waals surface area (Å²) in [6.07, 6.45) is 0.654. The minimum Gasteiger partial charge on any atom is -0.481 e. The van der Waals surface area contributed by atoms with Gasteiger partial charge < -0.3 is 10.4 Å². The molecular weight excluding hydrogens is 298 g/mol. The number of amides is 1. The highest BCUT2D eigenvalue weighted by Crippen LogP contribution is 2.15. The molecular formula is C13H16BrNO3. The number of carboxylic acids is 1. The zero-order chi connectivity index (χ0) is 13.5. The van der Waals surface area contributed by atoms with Crippen molar-refractivity contribution in [3.63, 3.8) is 0 Å². The maximum Gasteiger partial charge on any atom is 0.303 e. The van der Waals surface area contributed by atoms with Crippen LogP contribution in [0.1, 0.15) is 30.4 Å². The molecule has 1 aromatic carbocycles. The highest BCUT2D eigenvalue weighted by atomic mass is 79.9. The number of nitrogens with one attached hydrogen (secondary N) is 1. The summed E-state index contributed by atoms with van der Waals surface area (Å²) in [6, 6.07) is 5.90. The van der Waals surface area contributed by atoms with Gasteiger partial charge in [-0.2, -0.15) is 0 Å². The molecule has 0 radical (unpaired) electrons. The molecule has 1 aromatic rings. The Morgan fingerprint density at radius 2 is 2.06 bits per heavy atom. The Balaban J connectivity index is 2.38. The fourth-order valence-corrected chi connectivity index (χ4v) is 1.92. The van der Waals surface area contributed by atoms with Crippen molar-refractivity contribution in [1.82, 2.24) is 5.32 Å². The van der Waals surface area contributed by atoms with Gasteiger partial charge in [-0.1, -0.05) is 22.0 Å². The van der Waals surface area contributed by atoms with Crippen molar-refractivity contribution < 1.29 is 14.7 Å². The topological polar surface area (TPSA) is 66.4 Å². The zero-order valence-corrected chi connectivity index (χ0v) is 11.8. The van der Waals surface area contributed by atoms with Gasteiger partial charge in [0.25, 0.3) is 0 Å². The molecule has 0 aliphatic heterocycles. The minimum atomic E-state index is -0.870. The van der Waals surface area contributed by atoms with E-state index in [-0.39, 0.29) is 18.7 Å². The smallest absolute Gasteiger partial charge is 0.303 e. The van der Waals surface area contributed by atoms with E-state index in [1.54, 1.807) is 0 Å². The summed E-state index contributed by atoms with van der Waals surface area (Å²) in [5, 5.41) is 11.3. The molecule has 4 nitrogen and oxygen atoms in total. The van der Waals surface area contributed by atoms with E-state index in [1.165, 1.54) is 0 Å². The van der Waals surface area contributed by atoms with Gasteiger partial charge in [-0.15, -0.1) is 0 Å². The molecule has 0 saturated heterocycles. The number of aliphatic carboxylic acids is 1. The third-order valence-corrected chi connectivity index (χ3v) is 3.07. The van der Waals surface area contributed by atoms with Crippen LogP contribution in [-0.2, 0) is 16.1 Å².